The van der Waals surface area contributed by atoms with Crippen molar-refractivity contribution >= 4 is 17.2 Å². The molecule has 1 aliphatic rings. The average Bonchev–Trinajstić information content (AvgIpc) is 2.73. The number of nitrogens with two attached hydrogens (primary N) is 1. The Bertz CT molecular complexity index is 397. The summed E-state index contributed by atoms with van der Waals surface area (Å²) in [6, 6.07) is 4.09. The molecule has 1 saturated heterocycles. The molecule has 0 atom stereocenters. The highest BCUT2D eigenvalue weighted by Gasteiger charge is 2.35. The Labute approximate surface area is 105 Å². The molecule has 1 fully saturated rings. The third kappa shape index (κ3) is 3.06. The third-order valence-corrected chi connectivity index (χ3v) is 4.06. The number of carbonyl (C=O) groups is 1. The topological polar surface area (TPSA) is 64.4 Å². The second-order valence-electron chi connectivity index (χ2n) is 4.46. The largest absolute Gasteiger partial charge is 0.381 e. The van der Waals surface area contributed by atoms with Crippen molar-refractivity contribution in [3.8, 4) is 0 Å². The number of ether oxygens (including phenoxy) is 1. The highest BCUT2D eigenvalue weighted by atomic mass is 32.1. The predicted molar refractivity (Wildman–Crippen MR) is 67.9 cm³/mol. The number of nitrogens with one attached hydrogen (secondary N) is 1. The minimum atomic E-state index is -0.745. The lowest BCUT2D eigenvalue weighted by atomic mass is 9.90. The number of hydrogen-bond acceptors (Lipinski definition) is 4. The van der Waals surface area contributed by atoms with E-state index in [-0.39, 0.29) is 5.91 Å². The van der Waals surface area contributed by atoms with Crippen LogP contribution >= 0.6 is 11.3 Å². The lowest BCUT2D eigenvalue weighted by Gasteiger charge is -2.31. The number of thiophene rings is 1. The summed E-state index contributed by atoms with van der Waals surface area (Å²) in [6.45, 7) is 3.76. The van der Waals surface area contributed by atoms with Gasteiger partial charge in [-0.05, 0) is 31.9 Å². The summed E-state index contributed by atoms with van der Waals surface area (Å²) < 4.78 is 5.22. The maximum absolute atomic E-state index is 12.0. The van der Waals surface area contributed by atoms with Gasteiger partial charge >= 0.3 is 0 Å². The molecule has 1 amide bonds. The molecular weight excluding hydrogens is 236 g/mol. The van der Waals surface area contributed by atoms with Gasteiger partial charge in [0.25, 0.3) is 0 Å². The standard InChI is InChI=1S/C12H18N2O2S/c1-9-2-3-10(17-9)8-14-11(15)12(13)4-6-16-7-5-12/h2-3H,4-8,13H2,1H3,(H,14,15). The van der Waals surface area contributed by atoms with Gasteiger partial charge in [0, 0.05) is 23.0 Å². The second kappa shape index (κ2) is 5.16. The molecule has 1 aliphatic heterocycles. The zero-order valence-electron chi connectivity index (χ0n) is 9.99. The van der Waals surface area contributed by atoms with Gasteiger partial charge in [0.05, 0.1) is 12.1 Å². The summed E-state index contributed by atoms with van der Waals surface area (Å²) in [5, 5.41) is 2.91. The molecule has 0 aliphatic carbocycles. The summed E-state index contributed by atoms with van der Waals surface area (Å²) in [5.74, 6) is -0.0631. The predicted octanol–water partition coefficient (Wildman–Crippen LogP) is 1.18. The van der Waals surface area contributed by atoms with Crippen molar-refractivity contribution < 1.29 is 9.53 Å². The van der Waals surface area contributed by atoms with Crippen LogP contribution in [0.15, 0.2) is 12.1 Å². The van der Waals surface area contributed by atoms with Gasteiger partial charge < -0.3 is 15.8 Å². The summed E-state index contributed by atoms with van der Waals surface area (Å²) in [5.41, 5.74) is 5.34. The van der Waals surface area contributed by atoms with Crippen LogP contribution in [0.4, 0.5) is 0 Å². The second-order valence-corrected chi connectivity index (χ2v) is 5.84. The van der Waals surface area contributed by atoms with Gasteiger partial charge in [0.1, 0.15) is 0 Å². The third-order valence-electron chi connectivity index (χ3n) is 3.06. The molecule has 0 radical (unpaired) electrons. The Hall–Kier alpha value is -0.910. The van der Waals surface area contributed by atoms with Crippen molar-refractivity contribution in [1.29, 1.82) is 0 Å². The van der Waals surface area contributed by atoms with E-state index >= 15 is 0 Å². The van der Waals surface area contributed by atoms with Crippen LogP contribution in [0.3, 0.4) is 0 Å². The van der Waals surface area contributed by atoms with Crippen molar-refractivity contribution in [2.45, 2.75) is 31.8 Å². The quantitative estimate of drug-likeness (QED) is 0.851. The number of amides is 1. The summed E-state index contributed by atoms with van der Waals surface area (Å²) in [7, 11) is 0. The average molecular weight is 254 g/mol. The monoisotopic (exact) mass is 254 g/mol. The Kier molecular flexibility index (Phi) is 3.81. The Morgan fingerprint density at radius 3 is 2.82 bits per heavy atom. The van der Waals surface area contributed by atoms with Crippen LogP contribution < -0.4 is 11.1 Å². The van der Waals surface area contributed by atoms with Gasteiger partial charge in [-0.25, -0.2) is 0 Å². The zero-order chi connectivity index (χ0) is 12.3. The Morgan fingerprint density at radius 1 is 1.53 bits per heavy atom. The van der Waals surface area contributed by atoms with E-state index in [1.165, 1.54) is 4.88 Å². The lowest BCUT2D eigenvalue weighted by Crippen LogP contribution is -2.56. The molecule has 17 heavy (non-hydrogen) atoms. The van der Waals surface area contributed by atoms with Crippen molar-refractivity contribution in [1.82, 2.24) is 5.32 Å². The Morgan fingerprint density at radius 2 is 2.24 bits per heavy atom. The fraction of sp³-hybridized carbons (Fsp3) is 0.583. The first-order chi connectivity index (χ1) is 8.10. The van der Waals surface area contributed by atoms with E-state index < -0.39 is 5.54 Å². The Balaban J connectivity index is 1.88. The first-order valence-corrected chi connectivity index (χ1v) is 6.62. The van der Waals surface area contributed by atoms with Gasteiger partial charge in [-0.15, -0.1) is 11.3 Å². The summed E-state index contributed by atoms with van der Waals surface area (Å²) in [6.07, 6.45) is 1.20. The highest BCUT2D eigenvalue weighted by Crippen LogP contribution is 2.19. The number of aryl methyl sites for hydroxylation is 1. The van der Waals surface area contributed by atoms with Crippen molar-refractivity contribution in [3.63, 3.8) is 0 Å². The normalized spacial score (nSPS) is 18.9. The van der Waals surface area contributed by atoms with Crippen LogP contribution in [0.2, 0.25) is 0 Å². The van der Waals surface area contributed by atoms with Crippen LogP contribution in [0.5, 0.6) is 0 Å². The van der Waals surface area contributed by atoms with Crippen LogP contribution in [0, 0.1) is 6.92 Å². The first kappa shape index (κ1) is 12.5. The molecule has 0 spiro atoms. The summed E-state index contributed by atoms with van der Waals surface area (Å²) >= 11 is 1.70. The molecule has 2 heterocycles. The molecule has 0 saturated carbocycles. The zero-order valence-corrected chi connectivity index (χ0v) is 10.8. The number of rotatable bonds is 3. The van der Waals surface area contributed by atoms with Gasteiger partial charge in [-0.1, -0.05) is 0 Å². The number of hydrogen-bond donors (Lipinski definition) is 2. The van der Waals surface area contributed by atoms with Gasteiger partial charge in [-0.3, -0.25) is 4.79 Å². The molecule has 0 aromatic carbocycles. The molecule has 1 aromatic rings. The molecule has 1 aromatic heterocycles. The van der Waals surface area contributed by atoms with Crippen LogP contribution in [-0.2, 0) is 16.1 Å². The molecular formula is C12H18N2O2S. The van der Waals surface area contributed by atoms with E-state index in [9.17, 15) is 4.79 Å². The van der Waals surface area contributed by atoms with Crippen molar-refractivity contribution in [3.05, 3.63) is 21.9 Å². The molecule has 0 unspecified atom stereocenters. The van der Waals surface area contributed by atoms with E-state index in [1.54, 1.807) is 11.3 Å². The van der Waals surface area contributed by atoms with Gasteiger partial charge in [0.15, 0.2) is 0 Å². The van der Waals surface area contributed by atoms with E-state index in [0.717, 1.165) is 4.88 Å². The van der Waals surface area contributed by atoms with Crippen LogP contribution in [0.25, 0.3) is 0 Å². The molecule has 5 heteroatoms. The van der Waals surface area contributed by atoms with E-state index in [0.29, 0.717) is 32.6 Å². The van der Waals surface area contributed by atoms with E-state index in [2.05, 4.69) is 18.3 Å². The molecule has 94 valence electrons. The molecule has 3 N–H and O–H groups in total. The smallest absolute Gasteiger partial charge is 0.240 e. The maximum atomic E-state index is 12.0. The molecule has 4 nitrogen and oxygen atoms in total. The minimum Gasteiger partial charge on any atom is -0.381 e. The van der Waals surface area contributed by atoms with Gasteiger partial charge in [0.2, 0.25) is 5.91 Å². The molecule has 0 bridgehead atoms. The summed E-state index contributed by atoms with van der Waals surface area (Å²) in [4.78, 5) is 14.4. The number of carbonyl (C=O) groups excluding carboxylic acids is 1. The van der Waals surface area contributed by atoms with E-state index in [1.807, 2.05) is 6.07 Å². The van der Waals surface area contributed by atoms with Gasteiger partial charge in [-0.2, -0.15) is 0 Å². The van der Waals surface area contributed by atoms with Crippen LogP contribution in [-0.4, -0.2) is 24.7 Å². The fourth-order valence-corrected chi connectivity index (χ4v) is 2.72. The van der Waals surface area contributed by atoms with E-state index in [4.69, 9.17) is 10.5 Å². The lowest BCUT2D eigenvalue weighted by molar-refractivity contribution is -0.129. The highest BCUT2D eigenvalue weighted by molar-refractivity contribution is 7.11. The van der Waals surface area contributed by atoms with Crippen molar-refractivity contribution in [2.24, 2.45) is 5.73 Å². The van der Waals surface area contributed by atoms with Crippen LogP contribution in [0.1, 0.15) is 22.6 Å². The SMILES string of the molecule is Cc1ccc(CNC(=O)C2(N)CCOCC2)s1. The maximum Gasteiger partial charge on any atom is 0.240 e. The first-order valence-electron chi connectivity index (χ1n) is 5.80. The molecule has 2 rings (SSSR count). The fourth-order valence-electron chi connectivity index (χ4n) is 1.89. The minimum absolute atomic E-state index is 0.0631. The van der Waals surface area contributed by atoms with Crippen molar-refractivity contribution in [2.75, 3.05) is 13.2 Å².